The Kier molecular flexibility index (Phi) is 63.7. The average Bonchev–Trinajstić information content (AvgIpc) is 0.754. The van der Waals surface area contributed by atoms with Gasteiger partial charge in [-0.15, -0.1) is 0 Å². The Bertz CT molecular complexity index is 2560. The summed E-state index contributed by atoms with van der Waals surface area (Å²) < 4.78 is 73.3. The highest BCUT2D eigenvalue weighted by atomic mass is 31.2. The zero-order chi connectivity index (χ0) is 84.7. The molecule has 0 bridgehead atoms. The maximum atomic E-state index is 14.9. The third kappa shape index (κ3) is 49.1. The smallest absolute Gasteiger partial charge is 0.463 e. The summed E-state index contributed by atoms with van der Waals surface area (Å²) in [6.07, 6.45) is 30.2. The van der Waals surface area contributed by atoms with Crippen LogP contribution in [0, 0.1) is 0 Å². The standard InChI is InChI=1S/C90H163O25P/c1-5-9-13-17-21-25-29-33-35-37-41-43-47-51-55-59-63-74(93)107-69-72-78(97)80(99)84(103)90(111-72)114-87-85(112-76(95)65-61-57-53-49-45-39-32-28-24-20-16-12-8-4)81(100)82(101)86(113-89-83(102)79(98)77(96)71(66-91)110-89)88(87)115-116(104,105)108-68-70(109-75(94)64-60-56-52-48-44-38-31-27-23-19-15-11-7-3)67-106-73(92)62-58-54-50-46-42-40-36-34-30-26-22-18-14-10-6-2/h26,30,38-39,44-45,70-72,77-91,96-103H,5-25,27-29,31-37,40-43,46-69H2,1-4H3,(H,104,105)/b30-26-,44-38-,45-39-. The second-order valence-electron chi connectivity index (χ2n) is 32.8. The minimum Gasteiger partial charge on any atom is -0.463 e. The highest BCUT2D eigenvalue weighted by molar-refractivity contribution is 7.47. The summed E-state index contributed by atoms with van der Waals surface area (Å²) in [5.41, 5.74) is 0. The molecule has 1 saturated carbocycles. The maximum Gasteiger partial charge on any atom is 0.472 e. The van der Waals surface area contributed by atoms with E-state index in [4.69, 9.17) is 46.9 Å². The van der Waals surface area contributed by atoms with Crippen LogP contribution in [0.15, 0.2) is 36.5 Å². The summed E-state index contributed by atoms with van der Waals surface area (Å²) >= 11 is 0. The number of carbonyl (C=O) groups is 4. The van der Waals surface area contributed by atoms with Crippen molar-refractivity contribution in [3.63, 3.8) is 0 Å². The Balaban J connectivity index is 1.92. The zero-order valence-corrected chi connectivity index (χ0v) is 72.9. The number of carbonyl (C=O) groups excluding carboxylic acids is 4. The Morgan fingerprint density at radius 1 is 0.336 bits per heavy atom. The monoisotopic (exact) mass is 1680 g/mol. The first-order valence-electron chi connectivity index (χ1n) is 46.2. The number of allylic oxidation sites excluding steroid dienone is 6. The molecule has 116 heavy (non-hydrogen) atoms. The Morgan fingerprint density at radius 3 is 1.04 bits per heavy atom. The third-order valence-electron chi connectivity index (χ3n) is 22.3. The molecule has 3 fully saturated rings. The second kappa shape index (κ2) is 69.1. The molecule has 2 aliphatic heterocycles. The minimum atomic E-state index is -5.81. The van der Waals surface area contributed by atoms with E-state index in [2.05, 4.69) is 64.2 Å². The second-order valence-corrected chi connectivity index (χ2v) is 34.2. The Hall–Kier alpha value is -3.31. The van der Waals surface area contributed by atoms with E-state index in [-0.39, 0.29) is 32.1 Å². The van der Waals surface area contributed by atoms with Crippen molar-refractivity contribution in [1.82, 2.24) is 0 Å². The minimum absolute atomic E-state index is 0.0144. The van der Waals surface area contributed by atoms with Crippen LogP contribution in [0.1, 0.15) is 381 Å². The molecule has 1 aliphatic carbocycles. The van der Waals surface area contributed by atoms with Crippen molar-refractivity contribution in [2.75, 3.05) is 26.4 Å². The Labute approximate surface area is 697 Å². The molecule has 2 saturated heterocycles. The quantitative estimate of drug-likeness (QED) is 0.00889. The molecule has 25 nitrogen and oxygen atoms in total. The van der Waals surface area contributed by atoms with Gasteiger partial charge in [-0.2, -0.15) is 0 Å². The molecule has 678 valence electrons. The molecule has 0 aromatic heterocycles. The zero-order valence-electron chi connectivity index (χ0n) is 72.0. The summed E-state index contributed by atoms with van der Waals surface area (Å²) in [7, 11) is -5.81. The number of phosphoric ester groups is 1. The summed E-state index contributed by atoms with van der Waals surface area (Å²) in [4.78, 5) is 66.3. The number of unbranched alkanes of at least 4 members (excludes halogenated alkanes) is 44. The fourth-order valence-corrected chi connectivity index (χ4v) is 15.9. The largest absolute Gasteiger partial charge is 0.472 e. The summed E-state index contributed by atoms with van der Waals surface area (Å²) in [6.45, 7) is 5.53. The predicted octanol–water partition coefficient (Wildman–Crippen LogP) is 16.7. The number of aliphatic hydroxyl groups is 9. The number of hydrogen-bond donors (Lipinski definition) is 10. The first kappa shape index (κ1) is 107. The van der Waals surface area contributed by atoms with Gasteiger partial charge in [0.15, 0.2) is 24.8 Å². The van der Waals surface area contributed by atoms with E-state index in [0.717, 1.165) is 135 Å². The molecule has 0 aromatic carbocycles. The molecule has 0 radical (unpaired) electrons. The SMILES string of the molecule is CCCCCC/C=C\CCCCCCCCCC(=O)OCC(COP(=O)(O)OC1C(OC2OC(CO)C(O)C(O)C2O)C(O)C(O)C(OC(=O)CCCCC/C=C\CCCCCCCC)C1OC1OC(COC(=O)CCCCCCCCCCCCCCCCCC)C(O)C(O)C1O)OC(=O)CCCCC/C=C\CCCCCCCC. The Morgan fingerprint density at radius 2 is 0.647 bits per heavy atom. The van der Waals surface area contributed by atoms with Crippen molar-refractivity contribution < 1.29 is 122 Å². The number of rotatable bonds is 74. The van der Waals surface area contributed by atoms with Crippen molar-refractivity contribution in [3.8, 4) is 0 Å². The van der Waals surface area contributed by atoms with Crippen molar-refractivity contribution in [2.24, 2.45) is 0 Å². The topological polar surface area (TPSA) is 380 Å². The number of hydrogen-bond acceptors (Lipinski definition) is 24. The van der Waals surface area contributed by atoms with Crippen LogP contribution in [0.25, 0.3) is 0 Å². The van der Waals surface area contributed by atoms with Crippen molar-refractivity contribution in [2.45, 2.75) is 485 Å². The van der Waals surface area contributed by atoms with Crippen LogP contribution < -0.4 is 0 Å². The van der Waals surface area contributed by atoms with Crippen LogP contribution in [-0.4, -0.2) is 205 Å². The highest BCUT2D eigenvalue weighted by Crippen LogP contribution is 2.49. The predicted molar refractivity (Wildman–Crippen MR) is 449 cm³/mol. The van der Waals surface area contributed by atoms with Crippen LogP contribution in [0.5, 0.6) is 0 Å². The fourth-order valence-electron chi connectivity index (χ4n) is 14.9. The van der Waals surface area contributed by atoms with Gasteiger partial charge in [-0.25, -0.2) is 4.57 Å². The molecule has 0 aromatic rings. The number of aliphatic hydroxyl groups excluding tert-OH is 9. The van der Waals surface area contributed by atoms with Gasteiger partial charge in [-0.1, -0.05) is 289 Å². The van der Waals surface area contributed by atoms with Gasteiger partial charge in [0.1, 0.15) is 92.6 Å². The van der Waals surface area contributed by atoms with E-state index in [1.165, 1.54) is 148 Å². The van der Waals surface area contributed by atoms with E-state index in [1.54, 1.807) is 0 Å². The molecule has 3 rings (SSSR count). The molecule has 3 aliphatic rings. The first-order chi connectivity index (χ1) is 56.2. The van der Waals surface area contributed by atoms with Gasteiger partial charge in [0.05, 0.1) is 13.2 Å². The van der Waals surface area contributed by atoms with E-state index >= 15 is 0 Å². The fraction of sp³-hybridized carbons (Fsp3) is 0.889. The van der Waals surface area contributed by atoms with Crippen LogP contribution in [0.3, 0.4) is 0 Å². The number of ether oxygens (including phenoxy) is 8. The lowest BCUT2D eigenvalue weighted by atomic mass is 9.84. The van der Waals surface area contributed by atoms with Crippen molar-refractivity contribution in [1.29, 1.82) is 0 Å². The van der Waals surface area contributed by atoms with Gasteiger partial charge in [0, 0.05) is 25.7 Å². The molecule has 18 atom stereocenters. The molecule has 10 N–H and O–H groups in total. The van der Waals surface area contributed by atoms with Crippen molar-refractivity contribution in [3.05, 3.63) is 36.5 Å². The van der Waals surface area contributed by atoms with E-state index in [9.17, 15) is 74.6 Å². The van der Waals surface area contributed by atoms with E-state index in [1.807, 2.05) is 0 Å². The highest BCUT2D eigenvalue weighted by Gasteiger charge is 2.60. The van der Waals surface area contributed by atoms with Crippen LogP contribution in [-0.2, 0) is 70.7 Å². The van der Waals surface area contributed by atoms with Gasteiger partial charge >= 0.3 is 31.7 Å². The van der Waals surface area contributed by atoms with Gasteiger partial charge in [-0.05, 0) is 103 Å². The van der Waals surface area contributed by atoms with Gasteiger partial charge in [0.25, 0.3) is 0 Å². The molecule has 0 spiro atoms. The maximum absolute atomic E-state index is 14.9. The van der Waals surface area contributed by atoms with Crippen LogP contribution >= 0.6 is 7.82 Å². The van der Waals surface area contributed by atoms with E-state index < -0.39 is 162 Å². The molecule has 18 unspecified atom stereocenters. The number of esters is 4. The van der Waals surface area contributed by atoms with Gasteiger partial charge in [0.2, 0.25) is 0 Å². The first-order valence-corrected chi connectivity index (χ1v) is 47.7. The summed E-state index contributed by atoms with van der Waals surface area (Å²) in [5.74, 6) is -3.01. The lowest BCUT2D eigenvalue weighted by Gasteiger charge is -2.50. The normalized spacial score (nSPS) is 25.3. The molecule has 26 heteroatoms. The number of phosphoric acid groups is 1. The van der Waals surface area contributed by atoms with Crippen LogP contribution in [0.2, 0.25) is 0 Å². The molecule has 0 amide bonds. The van der Waals surface area contributed by atoms with E-state index in [0.29, 0.717) is 38.5 Å². The molecular weight excluding hydrogens is 1510 g/mol. The average molecular weight is 1680 g/mol. The lowest BCUT2D eigenvalue weighted by Crippen LogP contribution is -2.70. The van der Waals surface area contributed by atoms with Gasteiger partial charge < -0.3 is 88.7 Å². The van der Waals surface area contributed by atoms with Crippen LogP contribution in [0.4, 0.5) is 0 Å². The summed E-state index contributed by atoms with van der Waals surface area (Å²) in [6, 6.07) is 0. The summed E-state index contributed by atoms with van der Waals surface area (Å²) in [5, 5.41) is 102. The molecule has 2 heterocycles. The van der Waals surface area contributed by atoms with Gasteiger partial charge in [-0.3, -0.25) is 28.2 Å². The lowest BCUT2D eigenvalue weighted by molar-refractivity contribution is -0.360. The van der Waals surface area contributed by atoms with Crippen molar-refractivity contribution >= 4 is 31.7 Å². The molecular formula is C90H163O25P. The third-order valence-corrected chi connectivity index (χ3v) is 23.3.